The first-order valence-electron chi connectivity index (χ1n) is 9.59. The van der Waals surface area contributed by atoms with Crippen LogP contribution in [0.3, 0.4) is 0 Å². The smallest absolute Gasteiger partial charge is 0.419 e. The molecule has 0 unspecified atom stereocenters. The van der Waals surface area contributed by atoms with Crippen LogP contribution in [0.15, 0.2) is 33.5 Å². The van der Waals surface area contributed by atoms with Gasteiger partial charge in [0.05, 0.1) is 23.4 Å². The Morgan fingerprint density at radius 3 is 2.62 bits per heavy atom. The van der Waals surface area contributed by atoms with Gasteiger partial charge in [0.15, 0.2) is 22.0 Å². The minimum Gasteiger partial charge on any atom is -0.456 e. The number of fused-ring (bicyclic) bond motifs is 1. The van der Waals surface area contributed by atoms with Gasteiger partial charge in [0.1, 0.15) is 0 Å². The summed E-state index contributed by atoms with van der Waals surface area (Å²) in [4.78, 5) is 38.2. The standard InChI is InChI=1S/C19H22N2O7S/c22-17(21(13-5-6-13)14-8-10-29(25,26)12-14)11-27-18(23)7-9-20-15-3-1-2-4-16(15)28-19(20)24/h1-4,13-14H,5-12H2/t14-/m0/s1. The fourth-order valence-electron chi connectivity index (χ4n) is 3.77. The normalized spacial score (nSPS) is 20.6. The van der Waals surface area contributed by atoms with Gasteiger partial charge in [-0.05, 0) is 31.4 Å². The Morgan fingerprint density at radius 1 is 1.17 bits per heavy atom. The molecule has 9 nitrogen and oxygen atoms in total. The molecule has 0 N–H and O–H groups in total. The lowest BCUT2D eigenvalue weighted by Gasteiger charge is -2.28. The Morgan fingerprint density at radius 2 is 1.93 bits per heavy atom. The molecule has 1 atom stereocenters. The first kappa shape index (κ1) is 19.7. The van der Waals surface area contributed by atoms with Crippen molar-refractivity contribution in [3.8, 4) is 0 Å². The SMILES string of the molecule is O=C(CCn1c(=O)oc2ccccc21)OCC(=O)N(C1CC1)[C@H]1CCS(=O)(=O)C1. The lowest BCUT2D eigenvalue weighted by molar-refractivity contribution is -0.153. The molecule has 1 aliphatic heterocycles. The maximum absolute atomic E-state index is 12.6. The fourth-order valence-corrected chi connectivity index (χ4v) is 5.48. The zero-order valence-electron chi connectivity index (χ0n) is 15.8. The average Bonchev–Trinajstić information content (AvgIpc) is 3.36. The van der Waals surface area contributed by atoms with Crippen molar-refractivity contribution in [3.63, 3.8) is 0 Å². The molecular weight excluding hydrogens is 400 g/mol. The van der Waals surface area contributed by atoms with Gasteiger partial charge in [-0.25, -0.2) is 13.2 Å². The first-order valence-corrected chi connectivity index (χ1v) is 11.4. The highest BCUT2D eigenvalue weighted by atomic mass is 32.2. The summed E-state index contributed by atoms with van der Waals surface area (Å²) in [5.74, 6) is -1.47. The predicted octanol–water partition coefficient (Wildman–Crippen LogP) is 0.706. The Bertz CT molecular complexity index is 1100. The number of hydrogen-bond donors (Lipinski definition) is 0. The molecular formula is C19H22N2O7S. The van der Waals surface area contributed by atoms with E-state index < -0.39 is 28.2 Å². The molecule has 0 bridgehead atoms. The van der Waals surface area contributed by atoms with E-state index in [0.717, 1.165) is 12.8 Å². The van der Waals surface area contributed by atoms with Gasteiger partial charge in [-0.1, -0.05) is 12.1 Å². The summed E-state index contributed by atoms with van der Waals surface area (Å²) in [6.45, 7) is -0.344. The highest BCUT2D eigenvalue weighted by molar-refractivity contribution is 7.91. The number of carbonyl (C=O) groups excluding carboxylic acids is 2. The lowest BCUT2D eigenvalue weighted by atomic mass is 10.2. The van der Waals surface area contributed by atoms with Gasteiger partial charge in [0.2, 0.25) is 0 Å². The summed E-state index contributed by atoms with van der Waals surface area (Å²) < 4.78 is 35.0. The number of nitrogens with zero attached hydrogens (tertiary/aromatic N) is 2. The van der Waals surface area contributed by atoms with Crippen LogP contribution >= 0.6 is 0 Å². The van der Waals surface area contributed by atoms with Crippen molar-refractivity contribution < 1.29 is 27.2 Å². The molecule has 4 rings (SSSR count). The van der Waals surface area contributed by atoms with Crippen molar-refractivity contribution in [2.75, 3.05) is 18.1 Å². The fraction of sp³-hybridized carbons (Fsp3) is 0.526. The van der Waals surface area contributed by atoms with Crippen molar-refractivity contribution >= 4 is 32.8 Å². The van der Waals surface area contributed by atoms with Crippen LogP contribution in [0.1, 0.15) is 25.7 Å². The second kappa shape index (κ2) is 7.66. The van der Waals surface area contributed by atoms with E-state index in [4.69, 9.17) is 9.15 Å². The minimum absolute atomic E-state index is 0.0281. The average molecular weight is 422 g/mol. The van der Waals surface area contributed by atoms with E-state index in [0.29, 0.717) is 17.5 Å². The molecule has 1 aromatic carbocycles. The summed E-state index contributed by atoms with van der Waals surface area (Å²) in [6, 6.07) is 6.60. The molecule has 1 aromatic heterocycles. The van der Waals surface area contributed by atoms with Gasteiger partial charge in [-0.2, -0.15) is 0 Å². The Balaban J connectivity index is 1.32. The van der Waals surface area contributed by atoms with E-state index in [-0.39, 0.29) is 42.5 Å². The third-order valence-corrected chi connectivity index (χ3v) is 7.05. The third kappa shape index (κ3) is 4.36. The number of hydrogen-bond acceptors (Lipinski definition) is 7. The van der Waals surface area contributed by atoms with E-state index in [2.05, 4.69) is 0 Å². The summed E-state index contributed by atoms with van der Waals surface area (Å²) in [5, 5.41) is 0. The van der Waals surface area contributed by atoms with Crippen LogP contribution < -0.4 is 5.76 Å². The second-order valence-corrected chi connectivity index (χ2v) is 9.72. The number of para-hydroxylation sites is 2. The van der Waals surface area contributed by atoms with Gasteiger partial charge in [0, 0.05) is 18.6 Å². The number of aromatic nitrogens is 1. The molecule has 10 heteroatoms. The van der Waals surface area contributed by atoms with E-state index in [1.54, 1.807) is 29.2 Å². The summed E-state index contributed by atoms with van der Waals surface area (Å²) in [5.41, 5.74) is 1.02. The molecule has 1 amide bonds. The van der Waals surface area contributed by atoms with Gasteiger partial charge >= 0.3 is 11.7 Å². The molecule has 1 aliphatic carbocycles. The van der Waals surface area contributed by atoms with Gasteiger partial charge in [-0.3, -0.25) is 14.2 Å². The second-order valence-electron chi connectivity index (χ2n) is 7.49. The molecule has 1 saturated carbocycles. The monoisotopic (exact) mass is 422 g/mol. The maximum atomic E-state index is 12.6. The molecule has 2 fully saturated rings. The summed E-state index contributed by atoms with van der Waals surface area (Å²) in [7, 11) is -3.11. The zero-order chi connectivity index (χ0) is 20.6. The van der Waals surface area contributed by atoms with Crippen LogP contribution in [0.4, 0.5) is 0 Å². The Kier molecular flexibility index (Phi) is 5.20. The van der Waals surface area contributed by atoms with Crippen LogP contribution in [0.25, 0.3) is 11.1 Å². The number of carbonyl (C=O) groups is 2. The van der Waals surface area contributed by atoms with E-state index >= 15 is 0 Å². The van der Waals surface area contributed by atoms with Crippen LogP contribution in [0.5, 0.6) is 0 Å². The quantitative estimate of drug-likeness (QED) is 0.603. The van der Waals surface area contributed by atoms with E-state index in [1.807, 2.05) is 0 Å². The zero-order valence-corrected chi connectivity index (χ0v) is 16.6. The molecule has 2 aromatic rings. The summed E-state index contributed by atoms with van der Waals surface area (Å²) >= 11 is 0. The van der Waals surface area contributed by atoms with E-state index in [9.17, 15) is 22.8 Å². The molecule has 29 heavy (non-hydrogen) atoms. The highest BCUT2D eigenvalue weighted by Gasteiger charge is 2.42. The van der Waals surface area contributed by atoms with Crippen LogP contribution in [-0.2, 0) is 30.7 Å². The number of aryl methyl sites for hydroxylation is 1. The molecule has 1 saturated heterocycles. The Labute approximate surface area is 167 Å². The van der Waals surface area contributed by atoms with Crippen molar-refractivity contribution in [3.05, 3.63) is 34.8 Å². The highest BCUT2D eigenvalue weighted by Crippen LogP contribution is 2.32. The van der Waals surface area contributed by atoms with Gasteiger partial charge in [-0.15, -0.1) is 0 Å². The molecule has 156 valence electrons. The Hall–Kier alpha value is -2.62. The number of esters is 1. The molecule has 2 heterocycles. The lowest BCUT2D eigenvalue weighted by Crippen LogP contribution is -2.44. The van der Waals surface area contributed by atoms with Crippen LogP contribution in [-0.4, -0.2) is 60.0 Å². The predicted molar refractivity (Wildman–Crippen MR) is 103 cm³/mol. The third-order valence-electron chi connectivity index (χ3n) is 5.30. The van der Waals surface area contributed by atoms with Crippen molar-refractivity contribution in [1.29, 1.82) is 0 Å². The molecule has 0 spiro atoms. The van der Waals surface area contributed by atoms with Crippen LogP contribution in [0.2, 0.25) is 0 Å². The van der Waals surface area contributed by atoms with Gasteiger partial charge < -0.3 is 14.1 Å². The number of amides is 1. The maximum Gasteiger partial charge on any atom is 0.419 e. The summed E-state index contributed by atoms with van der Waals surface area (Å²) in [6.07, 6.45) is 2.02. The molecule has 0 radical (unpaired) electrons. The number of oxazole rings is 1. The van der Waals surface area contributed by atoms with Gasteiger partial charge in [0.25, 0.3) is 5.91 Å². The largest absolute Gasteiger partial charge is 0.456 e. The minimum atomic E-state index is -3.11. The van der Waals surface area contributed by atoms with E-state index in [1.165, 1.54) is 4.57 Å². The van der Waals surface area contributed by atoms with Crippen molar-refractivity contribution in [2.24, 2.45) is 0 Å². The van der Waals surface area contributed by atoms with Crippen LogP contribution in [0, 0.1) is 0 Å². The van der Waals surface area contributed by atoms with Crippen molar-refractivity contribution in [2.45, 2.75) is 44.3 Å². The first-order chi connectivity index (χ1) is 13.8. The number of benzene rings is 1. The van der Waals surface area contributed by atoms with Crippen molar-refractivity contribution in [1.82, 2.24) is 9.47 Å². The number of sulfone groups is 1. The number of rotatable bonds is 7. The topological polar surface area (TPSA) is 116 Å². The number of ether oxygens (including phenoxy) is 1. The molecule has 2 aliphatic rings.